The molecule has 0 aromatic rings. The van der Waals surface area contributed by atoms with Gasteiger partial charge in [0.05, 0.1) is 27.7 Å². The Morgan fingerprint density at radius 1 is 0.388 bits per heavy atom. The van der Waals surface area contributed by atoms with Crippen molar-refractivity contribution in [3.63, 3.8) is 0 Å². The van der Waals surface area contributed by atoms with E-state index in [2.05, 4.69) is 202 Å². The van der Waals surface area contributed by atoms with Gasteiger partial charge >= 0.3 is 19.8 Å². The summed E-state index contributed by atoms with van der Waals surface area (Å²) in [7, 11) is 1.39. The number of phosphoric ester groups is 1. The number of hydrogen-bond donors (Lipinski definition) is 1. The van der Waals surface area contributed by atoms with Crippen LogP contribution in [0.5, 0.6) is 0 Å². The third kappa shape index (κ3) is 62.1. The van der Waals surface area contributed by atoms with Gasteiger partial charge in [-0.15, -0.1) is 0 Å². The van der Waals surface area contributed by atoms with Gasteiger partial charge in [0.25, 0.3) is 0 Å². The lowest BCUT2D eigenvalue weighted by molar-refractivity contribution is -0.870. The van der Waals surface area contributed by atoms with Crippen LogP contribution in [0.15, 0.2) is 194 Å². The van der Waals surface area contributed by atoms with Crippen molar-refractivity contribution in [2.24, 2.45) is 0 Å². The second-order valence-electron chi connectivity index (χ2n) is 20.3. The van der Waals surface area contributed by atoms with Gasteiger partial charge in [-0.2, -0.15) is 0 Å². The quantitative estimate of drug-likeness (QED) is 0.0211. The van der Waals surface area contributed by atoms with E-state index in [1.165, 1.54) is 0 Å². The van der Waals surface area contributed by atoms with E-state index in [1.54, 1.807) is 0 Å². The fourth-order valence-corrected chi connectivity index (χ4v) is 7.79. The Balaban J connectivity index is 4.38. The van der Waals surface area contributed by atoms with Crippen molar-refractivity contribution in [2.75, 3.05) is 47.5 Å². The van der Waals surface area contributed by atoms with Gasteiger partial charge in [-0.1, -0.05) is 228 Å². The first-order chi connectivity index (χ1) is 39.0. The lowest BCUT2D eigenvalue weighted by Crippen LogP contribution is -2.37. The second-order valence-corrected chi connectivity index (χ2v) is 21.7. The number of nitrogens with zero attached hydrogens (tertiary/aromatic N) is 1. The van der Waals surface area contributed by atoms with E-state index in [4.69, 9.17) is 18.5 Å². The zero-order chi connectivity index (χ0) is 58.4. The van der Waals surface area contributed by atoms with Crippen molar-refractivity contribution in [2.45, 2.75) is 187 Å². The molecule has 0 saturated carbocycles. The molecule has 0 heterocycles. The minimum atomic E-state index is -4.43. The van der Waals surface area contributed by atoms with Crippen LogP contribution in [0.2, 0.25) is 0 Å². The molecule has 80 heavy (non-hydrogen) atoms. The van der Waals surface area contributed by atoms with E-state index in [9.17, 15) is 19.0 Å². The Bertz CT molecular complexity index is 2050. The maximum atomic E-state index is 12.8. The van der Waals surface area contributed by atoms with Crippen LogP contribution >= 0.6 is 7.82 Å². The Morgan fingerprint density at radius 3 is 1.04 bits per heavy atom. The van der Waals surface area contributed by atoms with Gasteiger partial charge in [-0.05, 0) is 135 Å². The van der Waals surface area contributed by atoms with Crippen LogP contribution < -0.4 is 0 Å². The van der Waals surface area contributed by atoms with E-state index in [0.717, 1.165) is 135 Å². The molecule has 9 nitrogen and oxygen atoms in total. The molecular formula is C70H109NO8P+. The normalized spacial score (nSPS) is 14.6. The van der Waals surface area contributed by atoms with Crippen LogP contribution in [0.3, 0.4) is 0 Å². The summed E-state index contributed by atoms with van der Waals surface area (Å²) in [5.41, 5.74) is 0. The molecule has 2 atom stereocenters. The second kappa shape index (κ2) is 58.5. The number of carbonyl (C=O) groups excluding carboxylic acids is 2. The lowest BCUT2D eigenvalue weighted by atomic mass is 10.1. The molecular weight excluding hydrogens is 1010 g/mol. The Kier molecular flexibility index (Phi) is 54.7. The molecule has 0 rings (SSSR count). The van der Waals surface area contributed by atoms with E-state index in [-0.39, 0.29) is 26.1 Å². The first-order valence-corrected chi connectivity index (χ1v) is 31.7. The van der Waals surface area contributed by atoms with Gasteiger partial charge in [0.1, 0.15) is 19.8 Å². The van der Waals surface area contributed by atoms with Crippen molar-refractivity contribution in [1.82, 2.24) is 0 Å². The van der Waals surface area contributed by atoms with Gasteiger partial charge in [0.2, 0.25) is 0 Å². The summed E-state index contributed by atoms with van der Waals surface area (Å²) in [4.78, 5) is 35.7. The number of phosphoric acid groups is 1. The zero-order valence-electron chi connectivity index (χ0n) is 50.5. The molecule has 0 radical (unpaired) electrons. The summed E-state index contributed by atoms with van der Waals surface area (Å²) in [6.45, 7) is 4.07. The number of ether oxygens (including phenoxy) is 2. The van der Waals surface area contributed by atoms with Crippen molar-refractivity contribution in [3.05, 3.63) is 194 Å². The van der Waals surface area contributed by atoms with Crippen LogP contribution in [0.1, 0.15) is 181 Å². The molecule has 0 amide bonds. The van der Waals surface area contributed by atoms with E-state index < -0.39 is 32.5 Å². The Labute approximate surface area is 488 Å². The number of likely N-dealkylation sites (N-methyl/N-ethyl adjacent to an activating group) is 1. The molecule has 0 saturated heterocycles. The van der Waals surface area contributed by atoms with Gasteiger partial charge in [-0.3, -0.25) is 18.6 Å². The maximum Gasteiger partial charge on any atom is 0.472 e. The maximum absolute atomic E-state index is 12.8. The molecule has 0 spiro atoms. The zero-order valence-corrected chi connectivity index (χ0v) is 51.4. The Hall–Kier alpha value is -5.15. The van der Waals surface area contributed by atoms with Crippen LogP contribution in [0.4, 0.5) is 0 Å². The highest BCUT2D eigenvalue weighted by Crippen LogP contribution is 2.43. The number of hydrogen-bond acceptors (Lipinski definition) is 7. The van der Waals surface area contributed by atoms with Crippen molar-refractivity contribution in [3.8, 4) is 0 Å². The molecule has 0 fully saturated rings. The molecule has 0 aliphatic heterocycles. The first kappa shape index (κ1) is 74.8. The summed E-state index contributed by atoms with van der Waals surface area (Å²) in [5, 5.41) is 0. The number of rotatable bonds is 52. The van der Waals surface area contributed by atoms with Crippen LogP contribution in [-0.2, 0) is 32.7 Å². The molecule has 2 unspecified atom stereocenters. The lowest BCUT2D eigenvalue weighted by Gasteiger charge is -2.24. The predicted octanol–water partition coefficient (Wildman–Crippen LogP) is 19.4. The largest absolute Gasteiger partial charge is 0.472 e. The number of quaternary nitrogens is 1. The van der Waals surface area contributed by atoms with E-state index in [1.807, 2.05) is 27.2 Å². The van der Waals surface area contributed by atoms with Crippen molar-refractivity contribution >= 4 is 19.8 Å². The SMILES string of the molecule is CC/C=C\C/C=C\C/C=C\C/C=C\C/C=C\C/C=C\C/C=C\C/C=C\C/C=C\CCCC(=O)OC(COC(=O)CCCCCCC/C=C\C/C=C\C/C=C\C/C=C\C/C=C\C/C=C\C/C=C\CC)COP(=O)(O)OCC[N+](C)(C)C. The number of carbonyl (C=O) groups is 2. The van der Waals surface area contributed by atoms with Gasteiger partial charge in [0, 0.05) is 12.8 Å². The van der Waals surface area contributed by atoms with Gasteiger partial charge in [0.15, 0.2) is 6.10 Å². The molecule has 0 aliphatic rings. The molecule has 0 bridgehead atoms. The molecule has 446 valence electrons. The number of esters is 2. The van der Waals surface area contributed by atoms with Crippen molar-refractivity contribution in [1.29, 1.82) is 0 Å². The van der Waals surface area contributed by atoms with Crippen LogP contribution in [0, 0.1) is 0 Å². The van der Waals surface area contributed by atoms with Crippen molar-refractivity contribution < 1.29 is 42.1 Å². The minimum absolute atomic E-state index is 0.00454. The molecule has 0 aromatic heterocycles. The average Bonchev–Trinajstić information content (AvgIpc) is 3.42. The van der Waals surface area contributed by atoms with Crippen LogP contribution in [-0.4, -0.2) is 74.9 Å². The predicted molar refractivity (Wildman–Crippen MR) is 343 cm³/mol. The summed E-state index contributed by atoms with van der Waals surface area (Å²) < 4.78 is 34.5. The highest BCUT2D eigenvalue weighted by atomic mass is 31.2. The fraction of sp³-hybridized carbons (Fsp3) is 0.514. The summed E-state index contributed by atoms with van der Waals surface area (Å²) in [5.74, 6) is -0.910. The topological polar surface area (TPSA) is 108 Å². The highest BCUT2D eigenvalue weighted by molar-refractivity contribution is 7.47. The molecule has 0 aliphatic carbocycles. The average molecular weight is 1120 g/mol. The standard InChI is InChI=1S/C70H108NO8P/c1-6-8-10-12-14-16-18-20-22-24-26-28-30-32-34-35-37-39-41-43-45-47-49-51-53-55-57-59-61-63-70(73)79-68(67-78-80(74,75)77-65-64-71(3,4)5)66-76-69(72)62-60-58-56-54-52-50-48-46-44-42-40-38-36-33-31-29-27-25-23-21-19-17-15-13-11-9-7-2/h8-11,14-17,20-23,26-29,32-34,36-37,39-40,42-43,45-46,48-49,51,55,57,68H,6-7,12-13,18-19,24-25,30-31,35,38,41,44,47,50,52-54,56,58-67H2,1-5H3/p+1/b10-8-,11-9-,16-14-,17-15-,22-20-,23-21-,28-26-,29-27-,34-32-,36-33-,39-37-,42-40-,45-43-,48-46-,51-49-,57-55-. The molecule has 0 aromatic carbocycles. The van der Waals surface area contributed by atoms with E-state index >= 15 is 0 Å². The first-order valence-electron chi connectivity index (χ1n) is 30.2. The summed E-state index contributed by atoms with van der Waals surface area (Å²) in [6.07, 6.45) is 92.2. The Morgan fingerprint density at radius 2 is 0.688 bits per heavy atom. The molecule has 10 heteroatoms. The summed E-state index contributed by atoms with van der Waals surface area (Å²) >= 11 is 0. The third-order valence-electron chi connectivity index (χ3n) is 11.6. The molecule has 1 N–H and O–H groups in total. The minimum Gasteiger partial charge on any atom is -0.462 e. The smallest absolute Gasteiger partial charge is 0.462 e. The number of unbranched alkanes of at least 4 members (excludes halogenated alkanes) is 6. The van der Waals surface area contributed by atoms with Gasteiger partial charge < -0.3 is 18.9 Å². The van der Waals surface area contributed by atoms with E-state index in [0.29, 0.717) is 30.3 Å². The van der Waals surface area contributed by atoms with Gasteiger partial charge in [-0.25, -0.2) is 4.57 Å². The number of allylic oxidation sites excluding steroid dienone is 32. The van der Waals surface area contributed by atoms with Crippen LogP contribution in [0.25, 0.3) is 0 Å². The highest BCUT2D eigenvalue weighted by Gasteiger charge is 2.27. The summed E-state index contributed by atoms with van der Waals surface area (Å²) in [6, 6.07) is 0. The third-order valence-corrected chi connectivity index (χ3v) is 12.6. The fourth-order valence-electron chi connectivity index (χ4n) is 7.05. The monoisotopic (exact) mass is 1120 g/mol.